The lowest BCUT2D eigenvalue weighted by molar-refractivity contribution is 0.510. The standard InChI is InChI=1S/C16H22N4/c1-13(15-5-3-7-17-11-15)19-9-10-20-14(2)16-6-4-8-18-12-16/h3-8,11-14,19-20H,9-10H2,1-2H3/t13-,14-/m1/s1. The summed E-state index contributed by atoms with van der Waals surface area (Å²) in [5.74, 6) is 0. The highest BCUT2D eigenvalue weighted by Crippen LogP contribution is 2.10. The van der Waals surface area contributed by atoms with Crippen molar-refractivity contribution in [1.29, 1.82) is 0 Å². The molecule has 2 N–H and O–H groups in total. The molecule has 0 aromatic carbocycles. The zero-order chi connectivity index (χ0) is 14.2. The maximum Gasteiger partial charge on any atom is 0.0315 e. The summed E-state index contributed by atoms with van der Waals surface area (Å²) in [6.45, 7) is 6.14. The van der Waals surface area contributed by atoms with Gasteiger partial charge in [0.05, 0.1) is 0 Å². The van der Waals surface area contributed by atoms with Gasteiger partial charge < -0.3 is 10.6 Å². The minimum atomic E-state index is 0.319. The van der Waals surface area contributed by atoms with E-state index >= 15 is 0 Å². The third-order valence-electron chi connectivity index (χ3n) is 3.39. The van der Waals surface area contributed by atoms with Crippen molar-refractivity contribution in [1.82, 2.24) is 20.6 Å². The second kappa shape index (κ2) is 7.72. The Balaban J connectivity index is 1.69. The SMILES string of the molecule is C[C@@H](NCCN[C@H](C)c1cccnc1)c1cccnc1. The van der Waals surface area contributed by atoms with Crippen LogP contribution in [0.4, 0.5) is 0 Å². The predicted molar refractivity (Wildman–Crippen MR) is 81.3 cm³/mol. The van der Waals surface area contributed by atoms with E-state index in [4.69, 9.17) is 0 Å². The number of hydrogen-bond acceptors (Lipinski definition) is 4. The molecule has 0 unspecified atom stereocenters. The molecule has 4 nitrogen and oxygen atoms in total. The molecule has 0 aliphatic heterocycles. The Labute approximate surface area is 120 Å². The van der Waals surface area contributed by atoms with E-state index in [-0.39, 0.29) is 0 Å². The smallest absolute Gasteiger partial charge is 0.0315 e. The van der Waals surface area contributed by atoms with Crippen molar-refractivity contribution in [2.24, 2.45) is 0 Å². The summed E-state index contributed by atoms with van der Waals surface area (Å²) < 4.78 is 0. The van der Waals surface area contributed by atoms with Gasteiger partial charge in [-0.1, -0.05) is 12.1 Å². The van der Waals surface area contributed by atoms with Crippen molar-refractivity contribution >= 4 is 0 Å². The summed E-state index contributed by atoms with van der Waals surface area (Å²) in [4.78, 5) is 8.28. The Kier molecular flexibility index (Phi) is 5.65. The van der Waals surface area contributed by atoms with Crippen LogP contribution in [0.3, 0.4) is 0 Å². The molecule has 0 aliphatic carbocycles. The Hall–Kier alpha value is -1.78. The summed E-state index contributed by atoms with van der Waals surface area (Å²) in [5.41, 5.74) is 2.43. The van der Waals surface area contributed by atoms with Crippen LogP contribution in [-0.2, 0) is 0 Å². The second-order valence-electron chi connectivity index (χ2n) is 4.92. The van der Waals surface area contributed by atoms with E-state index in [0.29, 0.717) is 12.1 Å². The molecule has 0 saturated heterocycles. The van der Waals surface area contributed by atoms with Crippen molar-refractivity contribution in [3.05, 3.63) is 60.2 Å². The van der Waals surface area contributed by atoms with E-state index in [1.165, 1.54) is 11.1 Å². The lowest BCUT2D eigenvalue weighted by Gasteiger charge is -2.17. The largest absolute Gasteiger partial charge is 0.309 e. The average molecular weight is 270 g/mol. The van der Waals surface area contributed by atoms with Gasteiger partial charge in [0.1, 0.15) is 0 Å². The first-order valence-corrected chi connectivity index (χ1v) is 7.04. The van der Waals surface area contributed by atoms with Crippen LogP contribution in [0.25, 0.3) is 0 Å². The van der Waals surface area contributed by atoms with Gasteiger partial charge in [0.15, 0.2) is 0 Å². The molecule has 0 saturated carbocycles. The lowest BCUT2D eigenvalue weighted by Crippen LogP contribution is -2.30. The lowest BCUT2D eigenvalue weighted by atomic mass is 10.1. The van der Waals surface area contributed by atoms with Crippen LogP contribution in [0.5, 0.6) is 0 Å². The molecule has 2 rings (SSSR count). The fourth-order valence-corrected chi connectivity index (χ4v) is 2.08. The van der Waals surface area contributed by atoms with Crippen LogP contribution in [0.2, 0.25) is 0 Å². The summed E-state index contributed by atoms with van der Waals surface area (Å²) in [7, 11) is 0. The molecule has 2 aromatic rings. The number of rotatable bonds is 7. The van der Waals surface area contributed by atoms with Gasteiger partial charge in [-0.3, -0.25) is 9.97 Å². The van der Waals surface area contributed by atoms with E-state index in [9.17, 15) is 0 Å². The summed E-state index contributed by atoms with van der Waals surface area (Å²) >= 11 is 0. The van der Waals surface area contributed by atoms with Gasteiger partial charge in [-0.25, -0.2) is 0 Å². The van der Waals surface area contributed by atoms with Gasteiger partial charge in [-0.05, 0) is 37.1 Å². The number of nitrogens with one attached hydrogen (secondary N) is 2. The second-order valence-corrected chi connectivity index (χ2v) is 4.92. The van der Waals surface area contributed by atoms with Crippen LogP contribution in [-0.4, -0.2) is 23.1 Å². The molecule has 0 fully saturated rings. The highest BCUT2D eigenvalue weighted by atomic mass is 15.0. The van der Waals surface area contributed by atoms with Gasteiger partial charge in [0.25, 0.3) is 0 Å². The van der Waals surface area contributed by atoms with Crippen LogP contribution < -0.4 is 10.6 Å². The van der Waals surface area contributed by atoms with Crippen LogP contribution in [0, 0.1) is 0 Å². The normalized spacial score (nSPS) is 13.9. The molecule has 0 radical (unpaired) electrons. The maximum absolute atomic E-state index is 4.14. The Morgan fingerprint density at radius 2 is 1.30 bits per heavy atom. The molecule has 0 spiro atoms. The Bertz CT molecular complexity index is 439. The minimum Gasteiger partial charge on any atom is -0.309 e. The van der Waals surface area contributed by atoms with E-state index in [1.807, 2.05) is 24.5 Å². The Morgan fingerprint density at radius 3 is 1.65 bits per heavy atom. The van der Waals surface area contributed by atoms with Crippen LogP contribution >= 0.6 is 0 Å². The monoisotopic (exact) mass is 270 g/mol. The topological polar surface area (TPSA) is 49.8 Å². The van der Waals surface area contributed by atoms with Crippen molar-refractivity contribution in [3.63, 3.8) is 0 Å². The summed E-state index contributed by atoms with van der Waals surface area (Å²) in [5, 5.41) is 6.98. The fourth-order valence-electron chi connectivity index (χ4n) is 2.08. The molecule has 2 aromatic heterocycles. The van der Waals surface area contributed by atoms with Gasteiger partial charge in [0, 0.05) is 50.0 Å². The van der Waals surface area contributed by atoms with Gasteiger partial charge in [0.2, 0.25) is 0 Å². The molecule has 0 aliphatic rings. The zero-order valence-corrected chi connectivity index (χ0v) is 12.1. The van der Waals surface area contributed by atoms with Crippen LogP contribution in [0.15, 0.2) is 49.1 Å². The van der Waals surface area contributed by atoms with E-state index < -0.39 is 0 Å². The first kappa shape index (κ1) is 14.6. The van der Waals surface area contributed by atoms with Crippen molar-refractivity contribution in [2.75, 3.05) is 13.1 Å². The molecule has 0 amide bonds. The Morgan fingerprint density at radius 1 is 0.850 bits per heavy atom. The van der Waals surface area contributed by atoms with Crippen molar-refractivity contribution in [2.45, 2.75) is 25.9 Å². The highest BCUT2D eigenvalue weighted by molar-refractivity contribution is 5.13. The average Bonchev–Trinajstić information content (AvgIpc) is 2.53. The summed E-state index contributed by atoms with van der Waals surface area (Å²) in [6.07, 6.45) is 7.41. The van der Waals surface area contributed by atoms with Gasteiger partial charge >= 0.3 is 0 Å². The molecular formula is C16H22N4. The third-order valence-corrected chi connectivity index (χ3v) is 3.39. The number of aromatic nitrogens is 2. The third kappa shape index (κ3) is 4.40. The van der Waals surface area contributed by atoms with E-state index in [0.717, 1.165) is 13.1 Å². The molecule has 4 heteroatoms. The van der Waals surface area contributed by atoms with Gasteiger partial charge in [-0.2, -0.15) is 0 Å². The number of hydrogen-bond donors (Lipinski definition) is 2. The van der Waals surface area contributed by atoms with Crippen molar-refractivity contribution < 1.29 is 0 Å². The predicted octanol–water partition coefficient (Wildman–Crippen LogP) is 2.48. The van der Waals surface area contributed by atoms with E-state index in [2.05, 4.69) is 46.6 Å². The maximum atomic E-state index is 4.14. The molecule has 2 atom stereocenters. The van der Waals surface area contributed by atoms with Gasteiger partial charge in [-0.15, -0.1) is 0 Å². The molecule has 2 heterocycles. The highest BCUT2D eigenvalue weighted by Gasteiger charge is 2.06. The van der Waals surface area contributed by atoms with E-state index in [1.54, 1.807) is 12.4 Å². The minimum absolute atomic E-state index is 0.319. The first-order valence-electron chi connectivity index (χ1n) is 7.04. The van der Waals surface area contributed by atoms with Crippen molar-refractivity contribution in [3.8, 4) is 0 Å². The van der Waals surface area contributed by atoms with Crippen LogP contribution in [0.1, 0.15) is 37.1 Å². The summed E-state index contributed by atoms with van der Waals surface area (Å²) in [6, 6.07) is 8.76. The zero-order valence-electron chi connectivity index (χ0n) is 12.1. The molecule has 106 valence electrons. The quantitative estimate of drug-likeness (QED) is 0.759. The molecular weight excluding hydrogens is 248 g/mol. The first-order chi connectivity index (χ1) is 9.77. The number of pyridine rings is 2. The fraction of sp³-hybridized carbons (Fsp3) is 0.375. The number of nitrogens with zero attached hydrogens (tertiary/aromatic N) is 2. The molecule has 20 heavy (non-hydrogen) atoms. The molecule has 0 bridgehead atoms.